The quantitative estimate of drug-likeness (QED) is 0.805. The number of hydrogen-bond donors (Lipinski definition) is 2. The summed E-state index contributed by atoms with van der Waals surface area (Å²) < 4.78 is 23.2. The summed E-state index contributed by atoms with van der Waals surface area (Å²) in [6.07, 6.45) is 2.20. The van der Waals surface area contributed by atoms with E-state index in [0.717, 1.165) is 11.8 Å². The molecule has 2 rings (SSSR count). The van der Waals surface area contributed by atoms with Crippen LogP contribution in [0.1, 0.15) is 25.3 Å². The maximum atomic E-state index is 12.7. The molecule has 1 aromatic rings. The highest BCUT2D eigenvalue weighted by Crippen LogP contribution is 2.28. The summed E-state index contributed by atoms with van der Waals surface area (Å²) in [4.78, 5) is 12.7. The number of carbonyl (C=O) groups is 1. The summed E-state index contributed by atoms with van der Waals surface area (Å²) in [6, 6.07) is 4.95. The van der Waals surface area contributed by atoms with Crippen molar-refractivity contribution in [2.24, 2.45) is 0 Å². The van der Waals surface area contributed by atoms with Crippen LogP contribution in [0.15, 0.2) is 18.2 Å². The molecule has 0 aliphatic carbocycles. The first-order chi connectivity index (χ1) is 11.2. The Morgan fingerprint density at radius 1 is 1.33 bits per heavy atom. The molecule has 24 heavy (non-hydrogen) atoms. The highest BCUT2D eigenvalue weighted by molar-refractivity contribution is 7.92. The van der Waals surface area contributed by atoms with Crippen LogP contribution in [0.4, 0.5) is 0 Å². The smallest absolute Gasteiger partial charge is 0.241 e. The lowest BCUT2D eigenvalue weighted by atomic mass is 9.95. The van der Waals surface area contributed by atoms with Gasteiger partial charge in [0.25, 0.3) is 0 Å². The number of amides is 1. The third-order valence-electron chi connectivity index (χ3n) is 4.45. The highest BCUT2D eigenvalue weighted by Gasteiger charge is 2.48. The summed E-state index contributed by atoms with van der Waals surface area (Å²) in [7, 11) is -3.51. The second kappa shape index (κ2) is 7.60. The standard InChI is InChI=1S/C16H22Cl2N2O3S/c1-11(9-12-3-4-13(17)10-14(12)18)20-15(21)16(24(2,22)23)5-7-19-8-6-16/h3-4,10-11,19H,5-9H2,1-2H3,(H,20,21). The van der Waals surface area contributed by atoms with Crippen LogP contribution in [-0.4, -0.2) is 44.5 Å². The van der Waals surface area contributed by atoms with Crippen molar-refractivity contribution in [3.63, 3.8) is 0 Å². The maximum absolute atomic E-state index is 12.7. The fourth-order valence-electron chi connectivity index (χ4n) is 3.02. The number of hydrogen-bond acceptors (Lipinski definition) is 4. The molecule has 1 atom stereocenters. The lowest BCUT2D eigenvalue weighted by molar-refractivity contribution is -0.124. The minimum atomic E-state index is -3.51. The van der Waals surface area contributed by atoms with Crippen molar-refractivity contribution in [3.05, 3.63) is 33.8 Å². The monoisotopic (exact) mass is 392 g/mol. The number of rotatable bonds is 5. The molecule has 8 heteroatoms. The summed E-state index contributed by atoms with van der Waals surface area (Å²) >= 11 is 12.0. The number of piperidine rings is 1. The predicted octanol–water partition coefficient (Wildman–Crippen LogP) is 2.21. The molecule has 0 saturated carbocycles. The number of nitrogens with one attached hydrogen (secondary N) is 2. The first kappa shape index (κ1) is 19.5. The fraction of sp³-hybridized carbons (Fsp3) is 0.562. The molecule has 0 radical (unpaired) electrons. The van der Waals surface area contributed by atoms with Crippen LogP contribution in [0.3, 0.4) is 0 Å². The summed E-state index contributed by atoms with van der Waals surface area (Å²) in [5.41, 5.74) is 0.854. The van der Waals surface area contributed by atoms with Crippen molar-refractivity contribution in [3.8, 4) is 0 Å². The Labute approximate surface area is 153 Å². The minimum Gasteiger partial charge on any atom is -0.352 e. The van der Waals surface area contributed by atoms with Crippen LogP contribution in [-0.2, 0) is 21.1 Å². The summed E-state index contributed by atoms with van der Waals surface area (Å²) in [6.45, 7) is 2.86. The molecular weight excluding hydrogens is 371 g/mol. The topological polar surface area (TPSA) is 75.3 Å². The minimum absolute atomic E-state index is 0.246. The fourth-order valence-corrected chi connectivity index (χ4v) is 4.85. The third-order valence-corrected chi connectivity index (χ3v) is 7.05. The van der Waals surface area contributed by atoms with Gasteiger partial charge in [0.2, 0.25) is 5.91 Å². The van der Waals surface area contributed by atoms with E-state index >= 15 is 0 Å². The lowest BCUT2D eigenvalue weighted by Gasteiger charge is -2.35. The normalized spacial score (nSPS) is 18.8. The molecule has 1 unspecified atom stereocenters. The Morgan fingerprint density at radius 2 is 1.96 bits per heavy atom. The van der Waals surface area contributed by atoms with Gasteiger partial charge in [-0.15, -0.1) is 0 Å². The average molecular weight is 393 g/mol. The summed E-state index contributed by atoms with van der Waals surface area (Å²) in [5.74, 6) is -0.427. The first-order valence-electron chi connectivity index (χ1n) is 7.81. The summed E-state index contributed by atoms with van der Waals surface area (Å²) in [5, 5.41) is 7.03. The molecule has 5 nitrogen and oxygen atoms in total. The number of halogens is 2. The van der Waals surface area contributed by atoms with Gasteiger partial charge in [0.15, 0.2) is 14.6 Å². The first-order valence-corrected chi connectivity index (χ1v) is 10.5. The third kappa shape index (κ3) is 4.23. The van der Waals surface area contributed by atoms with Crippen LogP contribution < -0.4 is 10.6 Å². The van der Waals surface area contributed by atoms with Gasteiger partial charge in [-0.1, -0.05) is 29.3 Å². The molecule has 1 heterocycles. The molecule has 0 aromatic heterocycles. The van der Waals surface area contributed by atoms with Crippen molar-refractivity contribution in [1.82, 2.24) is 10.6 Å². The molecule has 1 aliphatic heterocycles. The molecule has 1 amide bonds. The van der Waals surface area contributed by atoms with E-state index in [-0.39, 0.29) is 18.9 Å². The Kier molecular flexibility index (Phi) is 6.18. The second-order valence-electron chi connectivity index (χ2n) is 6.33. The second-order valence-corrected chi connectivity index (χ2v) is 9.50. The Balaban J connectivity index is 2.12. The number of benzene rings is 1. The van der Waals surface area contributed by atoms with Gasteiger partial charge in [-0.3, -0.25) is 4.79 Å². The molecule has 0 bridgehead atoms. The van der Waals surface area contributed by atoms with E-state index in [0.29, 0.717) is 29.6 Å². The number of carbonyl (C=O) groups excluding carboxylic acids is 1. The van der Waals surface area contributed by atoms with Gasteiger partial charge in [-0.25, -0.2) is 8.42 Å². The molecule has 0 spiro atoms. The zero-order valence-electron chi connectivity index (χ0n) is 13.7. The molecule has 1 fully saturated rings. The van der Waals surface area contributed by atoms with Gasteiger partial charge in [0, 0.05) is 22.3 Å². The molecule has 2 N–H and O–H groups in total. The van der Waals surface area contributed by atoms with E-state index in [9.17, 15) is 13.2 Å². The Bertz CT molecular complexity index is 716. The molecule has 1 aliphatic rings. The van der Waals surface area contributed by atoms with E-state index in [4.69, 9.17) is 23.2 Å². The number of sulfone groups is 1. The zero-order valence-corrected chi connectivity index (χ0v) is 16.1. The predicted molar refractivity (Wildman–Crippen MR) is 97.4 cm³/mol. The van der Waals surface area contributed by atoms with Gasteiger partial charge >= 0.3 is 0 Å². The van der Waals surface area contributed by atoms with Crippen molar-refractivity contribution < 1.29 is 13.2 Å². The van der Waals surface area contributed by atoms with Crippen LogP contribution >= 0.6 is 23.2 Å². The van der Waals surface area contributed by atoms with Crippen LogP contribution in [0.2, 0.25) is 10.0 Å². The largest absolute Gasteiger partial charge is 0.352 e. The SMILES string of the molecule is CC(Cc1ccc(Cl)cc1Cl)NC(=O)C1(S(C)(=O)=O)CCNCC1. The van der Waals surface area contributed by atoms with Gasteiger partial charge in [0.05, 0.1) is 0 Å². The van der Waals surface area contributed by atoms with Crippen molar-refractivity contribution >= 4 is 38.9 Å². The zero-order chi connectivity index (χ0) is 18.0. The van der Waals surface area contributed by atoms with E-state index in [1.54, 1.807) is 12.1 Å². The molecule has 1 aromatic carbocycles. The molecule has 1 saturated heterocycles. The van der Waals surface area contributed by atoms with Gasteiger partial charge in [0.1, 0.15) is 0 Å². The van der Waals surface area contributed by atoms with Gasteiger partial charge in [-0.05, 0) is 57.0 Å². The van der Waals surface area contributed by atoms with E-state index < -0.39 is 20.5 Å². The Hall–Kier alpha value is -0.820. The van der Waals surface area contributed by atoms with Crippen molar-refractivity contribution in [1.29, 1.82) is 0 Å². The lowest BCUT2D eigenvalue weighted by Crippen LogP contribution is -2.58. The van der Waals surface area contributed by atoms with Crippen LogP contribution in [0.25, 0.3) is 0 Å². The Morgan fingerprint density at radius 3 is 2.50 bits per heavy atom. The van der Waals surface area contributed by atoms with E-state index in [2.05, 4.69) is 10.6 Å². The van der Waals surface area contributed by atoms with Gasteiger partial charge in [-0.2, -0.15) is 0 Å². The molecule has 134 valence electrons. The van der Waals surface area contributed by atoms with Crippen LogP contribution in [0, 0.1) is 0 Å². The molecular formula is C16H22Cl2N2O3S. The highest BCUT2D eigenvalue weighted by atomic mass is 35.5. The van der Waals surface area contributed by atoms with Crippen LogP contribution in [0.5, 0.6) is 0 Å². The van der Waals surface area contributed by atoms with E-state index in [1.807, 2.05) is 13.0 Å². The maximum Gasteiger partial charge on any atom is 0.241 e. The van der Waals surface area contributed by atoms with Crippen molar-refractivity contribution in [2.45, 2.75) is 37.0 Å². The van der Waals surface area contributed by atoms with Crippen molar-refractivity contribution in [2.75, 3.05) is 19.3 Å². The van der Waals surface area contributed by atoms with Gasteiger partial charge < -0.3 is 10.6 Å². The average Bonchev–Trinajstić information content (AvgIpc) is 2.49. The van der Waals surface area contributed by atoms with E-state index in [1.165, 1.54) is 0 Å².